The molecular formula is C15H11ClN2O2. The van der Waals surface area contributed by atoms with Crippen molar-refractivity contribution in [1.82, 2.24) is 9.97 Å². The fourth-order valence-corrected chi connectivity index (χ4v) is 2.20. The molecule has 0 saturated carbocycles. The van der Waals surface area contributed by atoms with E-state index in [4.69, 9.17) is 16.3 Å². The highest BCUT2D eigenvalue weighted by Crippen LogP contribution is 2.31. The number of methoxy groups -OCH3 is 1. The molecule has 0 atom stereocenters. The number of para-hydroxylation sites is 1. The third-order valence-electron chi connectivity index (χ3n) is 2.99. The lowest BCUT2D eigenvalue weighted by Crippen LogP contribution is -1.94. The summed E-state index contributed by atoms with van der Waals surface area (Å²) in [5.74, 6) is 0.968. The molecule has 0 fully saturated rings. The molecule has 3 rings (SSSR count). The summed E-state index contributed by atoms with van der Waals surface area (Å²) < 4.78 is 5.29. The highest BCUT2D eigenvalue weighted by atomic mass is 35.5. The van der Waals surface area contributed by atoms with E-state index < -0.39 is 0 Å². The molecule has 1 N–H and O–H groups in total. The molecule has 2 aromatic carbocycles. The average Bonchev–Trinajstić information content (AvgIpc) is 2.46. The van der Waals surface area contributed by atoms with E-state index in [9.17, 15) is 5.11 Å². The van der Waals surface area contributed by atoms with Crippen LogP contribution in [0.1, 0.15) is 0 Å². The molecule has 20 heavy (non-hydrogen) atoms. The van der Waals surface area contributed by atoms with Gasteiger partial charge in [0.2, 0.25) is 5.88 Å². The molecule has 100 valence electrons. The molecule has 0 unspecified atom stereocenters. The van der Waals surface area contributed by atoms with Crippen molar-refractivity contribution in [3.8, 4) is 23.0 Å². The summed E-state index contributed by atoms with van der Waals surface area (Å²) in [6, 6.07) is 12.5. The Bertz CT molecular complexity index is 790. The summed E-state index contributed by atoms with van der Waals surface area (Å²) in [6.07, 6.45) is 0. The van der Waals surface area contributed by atoms with Crippen molar-refractivity contribution in [2.75, 3.05) is 7.11 Å². The smallest absolute Gasteiger partial charge is 0.222 e. The lowest BCUT2D eigenvalue weighted by atomic mass is 10.1. The van der Waals surface area contributed by atoms with E-state index in [2.05, 4.69) is 9.97 Å². The zero-order valence-electron chi connectivity index (χ0n) is 10.7. The van der Waals surface area contributed by atoms with Gasteiger partial charge in [0.15, 0.2) is 5.82 Å². The minimum Gasteiger partial charge on any atom is -0.496 e. The van der Waals surface area contributed by atoms with Gasteiger partial charge in [0, 0.05) is 5.02 Å². The molecule has 0 saturated heterocycles. The first-order valence-electron chi connectivity index (χ1n) is 5.98. The summed E-state index contributed by atoms with van der Waals surface area (Å²) in [6.45, 7) is 0. The third kappa shape index (κ3) is 2.14. The number of ether oxygens (including phenoxy) is 1. The molecule has 0 radical (unpaired) electrons. The van der Waals surface area contributed by atoms with Crippen LogP contribution in [-0.2, 0) is 0 Å². The van der Waals surface area contributed by atoms with Gasteiger partial charge in [-0.15, -0.1) is 0 Å². The standard InChI is InChI=1S/C15H11ClN2O2/c1-20-13-5-3-2-4-11(13)14-17-12-8-9(16)6-7-10(12)15(19)18-14/h2-8H,1H3,(H,17,18,19). The number of aromatic nitrogens is 2. The van der Waals surface area contributed by atoms with E-state index in [1.54, 1.807) is 25.3 Å². The van der Waals surface area contributed by atoms with Crippen LogP contribution in [0.15, 0.2) is 42.5 Å². The summed E-state index contributed by atoms with van der Waals surface area (Å²) in [7, 11) is 1.58. The molecule has 5 heteroatoms. The number of halogens is 1. The van der Waals surface area contributed by atoms with Gasteiger partial charge in [0.1, 0.15) is 5.75 Å². The molecule has 0 aliphatic heterocycles. The van der Waals surface area contributed by atoms with Crippen LogP contribution in [0.5, 0.6) is 11.6 Å². The zero-order valence-corrected chi connectivity index (χ0v) is 11.4. The number of nitrogens with zero attached hydrogens (tertiary/aromatic N) is 2. The summed E-state index contributed by atoms with van der Waals surface area (Å²) in [4.78, 5) is 8.57. The van der Waals surface area contributed by atoms with Crippen LogP contribution in [0, 0.1) is 0 Å². The fraction of sp³-hybridized carbons (Fsp3) is 0.0667. The number of hydrogen-bond acceptors (Lipinski definition) is 4. The third-order valence-corrected chi connectivity index (χ3v) is 3.22. The minimum atomic E-state index is -0.0763. The monoisotopic (exact) mass is 286 g/mol. The van der Waals surface area contributed by atoms with Gasteiger partial charge in [-0.05, 0) is 30.3 Å². The molecule has 1 aromatic heterocycles. The maximum atomic E-state index is 10.0. The zero-order chi connectivity index (χ0) is 14.1. The topological polar surface area (TPSA) is 55.2 Å². The van der Waals surface area contributed by atoms with Gasteiger partial charge < -0.3 is 9.84 Å². The summed E-state index contributed by atoms with van der Waals surface area (Å²) >= 11 is 5.96. The molecule has 0 aliphatic rings. The Morgan fingerprint density at radius 2 is 1.90 bits per heavy atom. The van der Waals surface area contributed by atoms with Crippen LogP contribution in [0.25, 0.3) is 22.3 Å². The van der Waals surface area contributed by atoms with Crippen molar-refractivity contribution in [3.05, 3.63) is 47.5 Å². The van der Waals surface area contributed by atoms with Crippen molar-refractivity contribution >= 4 is 22.5 Å². The van der Waals surface area contributed by atoms with Crippen molar-refractivity contribution in [3.63, 3.8) is 0 Å². The highest BCUT2D eigenvalue weighted by molar-refractivity contribution is 6.31. The fourth-order valence-electron chi connectivity index (χ4n) is 2.04. The second-order valence-electron chi connectivity index (χ2n) is 4.23. The maximum Gasteiger partial charge on any atom is 0.222 e. The van der Waals surface area contributed by atoms with E-state index in [1.807, 2.05) is 24.3 Å². The van der Waals surface area contributed by atoms with Crippen molar-refractivity contribution < 1.29 is 9.84 Å². The average molecular weight is 287 g/mol. The Balaban J connectivity index is 2.26. The number of fused-ring (bicyclic) bond motifs is 1. The van der Waals surface area contributed by atoms with Gasteiger partial charge in [0.05, 0.1) is 23.6 Å². The lowest BCUT2D eigenvalue weighted by Gasteiger charge is -2.08. The summed E-state index contributed by atoms with van der Waals surface area (Å²) in [5.41, 5.74) is 1.30. The first kappa shape index (κ1) is 12.7. The van der Waals surface area contributed by atoms with E-state index in [1.165, 1.54) is 0 Å². The Kier molecular flexibility index (Phi) is 3.16. The Labute approximate surface area is 120 Å². The predicted molar refractivity (Wildman–Crippen MR) is 78.2 cm³/mol. The molecule has 0 aliphatic carbocycles. The first-order valence-corrected chi connectivity index (χ1v) is 6.36. The van der Waals surface area contributed by atoms with Crippen molar-refractivity contribution in [2.45, 2.75) is 0 Å². The van der Waals surface area contributed by atoms with E-state index in [0.717, 1.165) is 0 Å². The van der Waals surface area contributed by atoms with Crippen LogP contribution in [0.2, 0.25) is 5.02 Å². The number of rotatable bonds is 2. The van der Waals surface area contributed by atoms with Crippen LogP contribution in [0.3, 0.4) is 0 Å². The van der Waals surface area contributed by atoms with Crippen LogP contribution in [-0.4, -0.2) is 22.2 Å². The quantitative estimate of drug-likeness (QED) is 0.781. The van der Waals surface area contributed by atoms with Crippen LogP contribution >= 0.6 is 11.6 Å². The lowest BCUT2D eigenvalue weighted by molar-refractivity contribution is 0.416. The van der Waals surface area contributed by atoms with E-state index in [0.29, 0.717) is 33.1 Å². The van der Waals surface area contributed by atoms with Gasteiger partial charge in [-0.2, -0.15) is 4.98 Å². The van der Waals surface area contributed by atoms with Gasteiger partial charge in [0.25, 0.3) is 0 Å². The molecule has 0 bridgehead atoms. The number of hydrogen-bond donors (Lipinski definition) is 1. The van der Waals surface area contributed by atoms with Crippen molar-refractivity contribution in [2.24, 2.45) is 0 Å². The van der Waals surface area contributed by atoms with Gasteiger partial charge in [-0.25, -0.2) is 4.98 Å². The Hall–Kier alpha value is -2.33. The second kappa shape index (κ2) is 4.98. The predicted octanol–water partition coefficient (Wildman–Crippen LogP) is 3.66. The molecule has 4 nitrogen and oxygen atoms in total. The van der Waals surface area contributed by atoms with Crippen LogP contribution < -0.4 is 4.74 Å². The molecule has 1 heterocycles. The van der Waals surface area contributed by atoms with Gasteiger partial charge in [-0.1, -0.05) is 23.7 Å². The molecule has 0 amide bonds. The molecule has 3 aromatic rings. The van der Waals surface area contributed by atoms with Gasteiger partial charge >= 0.3 is 0 Å². The van der Waals surface area contributed by atoms with E-state index in [-0.39, 0.29) is 5.88 Å². The molecule has 0 spiro atoms. The number of aromatic hydroxyl groups is 1. The summed E-state index contributed by atoms with van der Waals surface area (Å²) in [5, 5.41) is 11.2. The minimum absolute atomic E-state index is 0.0763. The normalized spacial score (nSPS) is 10.7. The number of benzene rings is 2. The highest BCUT2D eigenvalue weighted by Gasteiger charge is 2.12. The SMILES string of the molecule is COc1ccccc1-c1nc(O)c2ccc(Cl)cc2n1. The first-order chi connectivity index (χ1) is 9.69. The second-order valence-corrected chi connectivity index (χ2v) is 4.67. The van der Waals surface area contributed by atoms with E-state index >= 15 is 0 Å². The largest absolute Gasteiger partial charge is 0.496 e. The Morgan fingerprint density at radius 3 is 2.70 bits per heavy atom. The maximum absolute atomic E-state index is 10.0. The van der Waals surface area contributed by atoms with Crippen molar-refractivity contribution in [1.29, 1.82) is 0 Å². The van der Waals surface area contributed by atoms with Crippen LogP contribution in [0.4, 0.5) is 0 Å². The van der Waals surface area contributed by atoms with Gasteiger partial charge in [-0.3, -0.25) is 0 Å². The molecular weight excluding hydrogens is 276 g/mol. The Morgan fingerprint density at radius 1 is 1.10 bits per heavy atom.